The zero-order valence-electron chi connectivity index (χ0n) is 11.5. The van der Waals surface area contributed by atoms with Gasteiger partial charge in [0.1, 0.15) is 5.75 Å². The molecule has 0 bridgehead atoms. The van der Waals surface area contributed by atoms with E-state index in [1.165, 1.54) is 31.4 Å². The first-order valence-corrected chi connectivity index (χ1v) is 6.18. The molecule has 0 amide bonds. The summed E-state index contributed by atoms with van der Waals surface area (Å²) in [6.07, 6.45) is 0. The Balaban J connectivity index is 2.31. The average molecular weight is 307 g/mol. The van der Waals surface area contributed by atoms with Crippen LogP contribution in [-0.4, -0.2) is 17.8 Å². The Kier molecular flexibility index (Phi) is 4.16. The molecule has 7 heteroatoms. The molecule has 0 aromatic heterocycles. The minimum atomic E-state index is -3.77. The molecule has 2 rings (SSSR count). The van der Waals surface area contributed by atoms with Gasteiger partial charge in [0.25, 0.3) is 5.69 Å². The van der Waals surface area contributed by atoms with E-state index < -0.39 is 22.2 Å². The van der Waals surface area contributed by atoms with Crippen molar-refractivity contribution in [3.63, 3.8) is 0 Å². The van der Waals surface area contributed by atoms with Crippen LogP contribution in [0.25, 0.3) is 0 Å². The third kappa shape index (κ3) is 2.93. The SMILES string of the molecule is COc1ccc(C(=O)C(F)(F)c2ccc([N+](=O)[O-])cc2)cc1. The van der Waals surface area contributed by atoms with Crippen LogP contribution in [0.15, 0.2) is 48.5 Å². The van der Waals surface area contributed by atoms with Crippen molar-refractivity contribution < 1.29 is 23.2 Å². The topological polar surface area (TPSA) is 69.4 Å². The van der Waals surface area contributed by atoms with Gasteiger partial charge in [0, 0.05) is 23.3 Å². The van der Waals surface area contributed by atoms with Crippen LogP contribution in [0.4, 0.5) is 14.5 Å². The van der Waals surface area contributed by atoms with Crippen molar-refractivity contribution in [2.45, 2.75) is 5.92 Å². The number of benzene rings is 2. The number of rotatable bonds is 5. The highest BCUT2D eigenvalue weighted by molar-refractivity contribution is 6.01. The van der Waals surface area contributed by atoms with Gasteiger partial charge in [0.15, 0.2) is 0 Å². The number of hydrogen-bond acceptors (Lipinski definition) is 4. The number of ether oxygens (including phenoxy) is 1. The van der Waals surface area contributed by atoms with E-state index >= 15 is 0 Å². The van der Waals surface area contributed by atoms with Gasteiger partial charge in [-0.1, -0.05) is 0 Å². The molecular formula is C15H11F2NO4. The Labute approximate surface area is 124 Å². The summed E-state index contributed by atoms with van der Waals surface area (Å²) in [4.78, 5) is 21.8. The number of nitrogens with zero attached hydrogens (tertiary/aromatic N) is 1. The summed E-state index contributed by atoms with van der Waals surface area (Å²) in [5, 5.41) is 10.5. The van der Waals surface area contributed by atoms with Crippen LogP contribution >= 0.6 is 0 Å². The summed E-state index contributed by atoms with van der Waals surface area (Å²) in [6, 6.07) is 8.90. The minimum absolute atomic E-state index is 0.177. The molecule has 0 saturated carbocycles. The van der Waals surface area contributed by atoms with E-state index in [1.54, 1.807) is 0 Å². The van der Waals surface area contributed by atoms with Crippen LogP contribution in [0.3, 0.4) is 0 Å². The van der Waals surface area contributed by atoms with Crippen LogP contribution in [0.2, 0.25) is 0 Å². The molecule has 5 nitrogen and oxygen atoms in total. The van der Waals surface area contributed by atoms with E-state index in [1.807, 2.05) is 0 Å². The van der Waals surface area contributed by atoms with E-state index in [0.717, 1.165) is 24.3 Å². The number of alkyl halides is 2. The predicted molar refractivity (Wildman–Crippen MR) is 74.3 cm³/mol. The molecule has 0 aliphatic carbocycles. The number of Topliss-reactive ketones (excluding diaryl/α,β-unsaturated/α-hetero) is 1. The standard InChI is InChI=1S/C15H11F2NO4/c1-22-13-8-2-10(3-9-13)14(19)15(16,17)11-4-6-12(7-5-11)18(20)21/h2-9H,1H3. The highest BCUT2D eigenvalue weighted by Gasteiger charge is 2.41. The summed E-state index contributed by atoms with van der Waals surface area (Å²) in [5.74, 6) is -4.72. The second-order valence-corrected chi connectivity index (χ2v) is 4.44. The van der Waals surface area contributed by atoms with E-state index in [0.29, 0.717) is 5.75 Å². The van der Waals surface area contributed by atoms with E-state index in [4.69, 9.17) is 4.74 Å². The second-order valence-electron chi connectivity index (χ2n) is 4.44. The van der Waals surface area contributed by atoms with Crippen LogP contribution in [0, 0.1) is 10.1 Å². The summed E-state index contributed by atoms with van der Waals surface area (Å²) in [5.41, 5.74) is -1.10. The van der Waals surface area contributed by atoms with Gasteiger partial charge in [-0.05, 0) is 36.4 Å². The fraction of sp³-hybridized carbons (Fsp3) is 0.133. The molecule has 22 heavy (non-hydrogen) atoms. The fourth-order valence-electron chi connectivity index (χ4n) is 1.85. The van der Waals surface area contributed by atoms with Gasteiger partial charge >= 0.3 is 5.92 Å². The van der Waals surface area contributed by atoms with Crippen molar-refractivity contribution >= 4 is 11.5 Å². The van der Waals surface area contributed by atoms with Gasteiger partial charge in [0.2, 0.25) is 5.78 Å². The molecule has 0 saturated heterocycles. The lowest BCUT2D eigenvalue weighted by atomic mass is 9.98. The number of nitro benzene ring substituents is 1. The number of hydrogen-bond donors (Lipinski definition) is 0. The maximum atomic E-state index is 14.2. The lowest BCUT2D eigenvalue weighted by Crippen LogP contribution is -2.26. The lowest BCUT2D eigenvalue weighted by molar-refractivity contribution is -0.384. The number of non-ortho nitro benzene ring substituents is 1. The molecule has 0 atom stereocenters. The first-order chi connectivity index (χ1) is 10.4. The molecule has 2 aromatic rings. The Morgan fingerprint density at radius 1 is 1.09 bits per heavy atom. The quantitative estimate of drug-likeness (QED) is 0.481. The third-order valence-corrected chi connectivity index (χ3v) is 3.08. The monoisotopic (exact) mass is 307 g/mol. The highest BCUT2D eigenvalue weighted by atomic mass is 19.3. The van der Waals surface area contributed by atoms with Gasteiger partial charge in [0.05, 0.1) is 12.0 Å². The second kappa shape index (κ2) is 5.88. The van der Waals surface area contributed by atoms with E-state index in [9.17, 15) is 23.7 Å². The lowest BCUT2D eigenvalue weighted by Gasteiger charge is -2.15. The highest BCUT2D eigenvalue weighted by Crippen LogP contribution is 2.33. The number of ketones is 1. The Morgan fingerprint density at radius 2 is 1.64 bits per heavy atom. The minimum Gasteiger partial charge on any atom is -0.497 e. The van der Waals surface area contributed by atoms with Gasteiger partial charge < -0.3 is 4.74 Å². The molecule has 0 aliphatic rings. The Morgan fingerprint density at radius 3 is 2.09 bits per heavy atom. The molecule has 0 spiro atoms. The van der Waals surface area contributed by atoms with Crippen molar-refractivity contribution in [2.75, 3.05) is 7.11 Å². The van der Waals surface area contributed by atoms with Crippen molar-refractivity contribution in [2.24, 2.45) is 0 Å². The van der Waals surface area contributed by atoms with Crippen molar-refractivity contribution in [3.8, 4) is 5.75 Å². The fourth-order valence-corrected chi connectivity index (χ4v) is 1.85. The molecule has 0 fully saturated rings. The number of methoxy groups -OCH3 is 1. The van der Waals surface area contributed by atoms with Crippen molar-refractivity contribution in [1.82, 2.24) is 0 Å². The molecule has 114 valence electrons. The maximum Gasteiger partial charge on any atom is 0.334 e. The molecule has 0 heterocycles. The molecule has 0 aliphatic heterocycles. The molecular weight excluding hydrogens is 296 g/mol. The van der Waals surface area contributed by atoms with Crippen molar-refractivity contribution in [1.29, 1.82) is 0 Å². The smallest absolute Gasteiger partial charge is 0.334 e. The van der Waals surface area contributed by atoms with Crippen LogP contribution in [0.5, 0.6) is 5.75 Å². The third-order valence-electron chi connectivity index (χ3n) is 3.08. The van der Waals surface area contributed by atoms with Crippen LogP contribution in [-0.2, 0) is 5.92 Å². The van der Waals surface area contributed by atoms with Crippen LogP contribution in [0.1, 0.15) is 15.9 Å². The molecule has 0 N–H and O–H groups in total. The first kappa shape index (κ1) is 15.6. The summed E-state index contributed by atoms with van der Waals surface area (Å²) >= 11 is 0. The van der Waals surface area contributed by atoms with Crippen molar-refractivity contribution in [3.05, 3.63) is 69.8 Å². The largest absolute Gasteiger partial charge is 0.497 e. The normalized spacial score (nSPS) is 11.0. The van der Waals surface area contributed by atoms with Gasteiger partial charge in [-0.25, -0.2) is 0 Å². The number of carbonyl (C=O) groups excluding carboxylic acids is 1. The van der Waals surface area contributed by atoms with Gasteiger partial charge in [-0.15, -0.1) is 0 Å². The zero-order chi connectivity index (χ0) is 16.3. The van der Waals surface area contributed by atoms with Crippen LogP contribution < -0.4 is 4.74 Å². The average Bonchev–Trinajstić information content (AvgIpc) is 2.54. The summed E-state index contributed by atoms with van der Waals surface area (Å²) in [7, 11) is 1.42. The summed E-state index contributed by atoms with van der Waals surface area (Å²) < 4.78 is 33.3. The van der Waals surface area contributed by atoms with Gasteiger partial charge in [-0.2, -0.15) is 8.78 Å². The molecule has 0 radical (unpaired) electrons. The zero-order valence-corrected chi connectivity index (χ0v) is 11.5. The summed E-state index contributed by atoms with van der Waals surface area (Å²) in [6.45, 7) is 0. The van der Waals surface area contributed by atoms with Gasteiger partial charge in [-0.3, -0.25) is 14.9 Å². The Hall–Kier alpha value is -2.83. The number of halogens is 2. The Bertz CT molecular complexity index is 696. The maximum absolute atomic E-state index is 14.2. The number of carbonyl (C=O) groups is 1. The predicted octanol–water partition coefficient (Wildman–Crippen LogP) is 3.58. The number of nitro groups is 1. The first-order valence-electron chi connectivity index (χ1n) is 6.18. The molecule has 2 aromatic carbocycles. The van der Waals surface area contributed by atoms with E-state index in [-0.39, 0.29) is 11.3 Å². The molecule has 0 unspecified atom stereocenters. The van der Waals surface area contributed by atoms with E-state index in [2.05, 4.69) is 0 Å².